The second-order valence-electron chi connectivity index (χ2n) is 6.14. The quantitative estimate of drug-likeness (QED) is 0.288. The number of nitrogens with one attached hydrogen (secondary N) is 1. The van der Waals surface area contributed by atoms with Gasteiger partial charge in [0.05, 0.1) is 10.2 Å². The van der Waals surface area contributed by atoms with Crippen molar-refractivity contribution in [1.29, 1.82) is 0 Å². The number of nitrogens with zero attached hydrogens (tertiary/aromatic N) is 1. The molecule has 0 saturated heterocycles. The van der Waals surface area contributed by atoms with Crippen molar-refractivity contribution >= 4 is 76.8 Å². The summed E-state index contributed by atoms with van der Waals surface area (Å²) in [6.07, 6.45) is 0. The van der Waals surface area contributed by atoms with Gasteiger partial charge in [-0.3, -0.25) is 10.1 Å². The average Bonchev–Trinajstić information content (AvgIpc) is 3.02. The van der Waals surface area contributed by atoms with Gasteiger partial charge in [0.2, 0.25) is 0 Å². The predicted octanol–water partition coefficient (Wildman–Crippen LogP) is 6.66. The van der Waals surface area contributed by atoms with Gasteiger partial charge >= 0.3 is 5.63 Å². The highest BCUT2D eigenvalue weighted by atomic mass is 79.9. The summed E-state index contributed by atoms with van der Waals surface area (Å²) >= 11 is 14.0. The largest absolute Gasteiger partial charge is 0.421 e. The van der Waals surface area contributed by atoms with E-state index in [1.807, 2.05) is 19.1 Å². The first-order valence-electron chi connectivity index (χ1n) is 8.29. The summed E-state index contributed by atoms with van der Waals surface area (Å²) in [5.74, 6) is -0.576. The van der Waals surface area contributed by atoms with Gasteiger partial charge in [-0.25, -0.2) is 9.78 Å². The summed E-state index contributed by atoms with van der Waals surface area (Å²) in [6, 6.07) is 12.3. The third kappa shape index (κ3) is 4.16. The summed E-state index contributed by atoms with van der Waals surface area (Å²) < 4.78 is 6.74. The highest BCUT2D eigenvalue weighted by Gasteiger charge is 2.18. The van der Waals surface area contributed by atoms with Gasteiger partial charge in [-0.15, -0.1) is 11.3 Å². The number of anilines is 1. The molecule has 146 valence electrons. The summed E-state index contributed by atoms with van der Waals surface area (Å²) in [5, 5.41) is 4.34. The van der Waals surface area contributed by atoms with Crippen molar-refractivity contribution in [2.75, 3.05) is 5.32 Å². The Balaban J connectivity index is 1.66. The number of carbonyl (C=O) groups is 1. The molecular formula is C20H11Br2ClN2O3S. The van der Waals surface area contributed by atoms with Gasteiger partial charge in [0.25, 0.3) is 5.91 Å². The van der Waals surface area contributed by atoms with Crippen molar-refractivity contribution in [2.45, 2.75) is 6.92 Å². The smallest absolute Gasteiger partial charge is 0.349 e. The molecule has 2 heterocycles. The maximum Gasteiger partial charge on any atom is 0.349 e. The Bertz CT molecular complexity index is 1320. The molecule has 4 aromatic rings. The van der Waals surface area contributed by atoms with E-state index in [2.05, 4.69) is 42.2 Å². The van der Waals surface area contributed by atoms with Gasteiger partial charge in [-0.05, 0) is 53.2 Å². The van der Waals surface area contributed by atoms with E-state index in [1.54, 1.807) is 24.3 Å². The maximum atomic E-state index is 12.7. The second-order valence-corrected chi connectivity index (χ2v) is 9.55. The number of benzene rings is 2. The molecular weight excluding hydrogens is 544 g/mol. The van der Waals surface area contributed by atoms with Crippen LogP contribution >= 0.6 is 54.8 Å². The molecule has 1 amide bonds. The molecule has 5 nitrogen and oxygen atoms in total. The van der Waals surface area contributed by atoms with E-state index < -0.39 is 11.5 Å². The first kappa shape index (κ1) is 20.3. The normalized spacial score (nSPS) is 11.0. The highest BCUT2D eigenvalue weighted by molar-refractivity contribution is 9.11. The van der Waals surface area contributed by atoms with Gasteiger partial charge in [0, 0.05) is 25.3 Å². The lowest BCUT2D eigenvalue weighted by molar-refractivity contribution is 0.102. The van der Waals surface area contributed by atoms with Crippen LogP contribution in [0.3, 0.4) is 0 Å². The third-order valence-corrected chi connectivity index (χ3v) is 6.32. The van der Waals surface area contributed by atoms with Gasteiger partial charge in [-0.1, -0.05) is 39.7 Å². The van der Waals surface area contributed by atoms with E-state index in [-0.39, 0.29) is 5.56 Å². The molecule has 1 N–H and O–H groups in total. The summed E-state index contributed by atoms with van der Waals surface area (Å²) in [6.45, 7) is 1.91. The van der Waals surface area contributed by atoms with Crippen LogP contribution in [-0.2, 0) is 0 Å². The molecule has 0 aliphatic carbocycles. The van der Waals surface area contributed by atoms with Gasteiger partial charge in [-0.2, -0.15) is 0 Å². The molecule has 0 atom stereocenters. The fourth-order valence-electron chi connectivity index (χ4n) is 2.81. The molecule has 2 aromatic heterocycles. The Morgan fingerprint density at radius 2 is 1.90 bits per heavy atom. The van der Waals surface area contributed by atoms with Crippen LogP contribution in [0.15, 0.2) is 60.6 Å². The topological polar surface area (TPSA) is 72.2 Å². The third-order valence-electron chi connectivity index (χ3n) is 4.13. The molecule has 4 rings (SSSR count). The number of thiazole rings is 1. The number of halogens is 3. The summed E-state index contributed by atoms with van der Waals surface area (Å²) in [7, 11) is 0. The van der Waals surface area contributed by atoms with Crippen molar-refractivity contribution in [3.63, 3.8) is 0 Å². The maximum absolute atomic E-state index is 12.7. The van der Waals surface area contributed by atoms with Crippen molar-refractivity contribution in [3.8, 4) is 11.3 Å². The van der Waals surface area contributed by atoms with E-state index >= 15 is 0 Å². The number of rotatable bonds is 3. The van der Waals surface area contributed by atoms with Crippen LogP contribution < -0.4 is 10.9 Å². The van der Waals surface area contributed by atoms with Crippen LogP contribution in [0.2, 0.25) is 5.02 Å². The number of hydrogen-bond acceptors (Lipinski definition) is 5. The molecule has 0 fully saturated rings. The van der Waals surface area contributed by atoms with Gasteiger partial charge in [0.15, 0.2) is 10.7 Å². The van der Waals surface area contributed by atoms with E-state index in [9.17, 15) is 9.59 Å². The van der Waals surface area contributed by atoms with E-state index in [0.29, 0.717) is 25.6 Å². The number of carbonyl (C=O) groups excluding carboxylic acids is 1. The van der Waals surface area contributed by atoms with Crippen LogP contribution in [0.1, 0.15) is 15.2 Å². The lowest BCUT2D eigenvalue weighted by atomic mass is 10.1. The molecule has 0 bridgehead atoms. The van der Waals surface area contributed by atoms with Gasteiger partial charge in [0.1, 0.15) is 5.56 Å². The fourth-order valence-corrected chi connectivity index (χ4v) is 5.10. The minimum Gasteiger partial charge on any atom is -0.421 e. The monoisotopic (exact) mass is 552 g/mol. The van der Waals surface area contributed by atoms with Crippen molar-refractivity contribution in [2.24, 2.45) is 0 Å². The standard InChI is InChI=1S/C20H11Br2ClN2O3S/c1-9-16(10-2-4-13(23)5-3-10)24-20(29-9)25-18(26)14-7-11-6-12(21)8-15(22)17(11)28-19(14)27/h2-8H,1H3,(H,24,25,26). The first-order chi connectivity index (χ1) is 13.8. The van der Waals surface area contributed by atoms with E-state index in [1.165, 1.54) is 17.4 Å². The van der Waals surface area contributed by atoms with Crippen LogP contribution in [0.25, 0.3) is 22.2 Å². The van der Waals surface area contributed by atoms with Crippen molar-refractivity contribution in [3.05, 3.63) is 77.3 Å². The number of amides is 1. The number of aromatic nitrogens is 1. The van der Waals surface area contributed by atoms with E-state index in [4.69, 9.17) is 16.0 Å². The predicted molar refractivity (Wildman–Crippen MR) is 123 cm³/mol. The zero-order valence-electron chi connectivity index (χ0n) is 14.8. The van der Waals surface area contributed by atoms with E-state index in [0.717, 1.165) is 20.6 Å². The highest BCUT2D eigenvalue weighted by Crippen LogP contribution is 2.32. The molecule has 0 saturated carbocycles. The lowest BCUT2D eigenvalue weighted by Crippen LogP contribution is -2.20. The lowest BCUT2D eigenvalue weighted by Gasteiger charge is -2.04. The minimum atomic E-state index is -0.718. The van der Waals surface area contributed by atoms with Crippen molar-refractivity contribution < 1.29 is 9.21 Å². The average molecular weight is 555 g/mol. The molecule has 0 aliphatic rings. The number of fused-ring (bicyclic) bond motifs is 1. The Labute approximate surface area is 191 Å². The first-order valence-corrected chi connectivity index (χ1v) is 11.1. The Morgan fingerprint density at radius 1 is 1.17 bits per heavy atom. The zero-order chi connectivity index (χ0) is 20.7. The second kappa shape index (κ2) is 8.02. The Hall–Kier alpha value is -2.00. The summed E-state index contributed by atoms with van der Waals surface area (Å²) in [5.41, 5.74) is 1.21. The zero-order valence-corrected chi connectivity index (χ0v) is 19.5. The van der Waals surface area contributed by atoms with Gasteiger partial charge < -0.3 is 4.42 Å². The van der Waals surface area contributed by atoms with Crippen LogP contribution in [0, 0.1) is 6.92 Å². The van der Waals surface area contributed by atoms with Crippen molar-refractivity contribution in [1.82, 2.24) is 4.98 Å². The summed E-state index contributed by atoms with van der Waals surface area (Å²) in [4.78, 5) is 30.5. The molecule has 0 unspecified atom stereocenters. The molecule has 0 aliphatic heterocycles. The Morgan fingerprint density at radius 3 is 2.62 bits per heavy atom. The van der Waals surface area contributed by atoms with Crippen LogP contribution in [0.5, 0.6) is 0 Å². The Kier molecular flexibility index (Phi) is 5.61. The number of hydrogen-bond donors (Lipinski definition) is 1. The SMILES string of the molecule is Cc1sc(NC(=O)c2cc3cc(Br)cc(Br)c3oc2=O)nc1-c1ccc(Cl)cc1. The molecule has 2 aromatic carbocycles. The molecule has 29 heavy (non-hydrogen) atoms. The minimum absolute atomic E-state index is 0.0941. The van der Waals surface area contributed by atoms with Crippen LogP contribution in [-0.4, -0.2) is 10.9 Å². The van der Waals surface area contributed by atoms with Crippen LogP contribution in [0.4, 0.5) is 5.13 Å². The number of aryl methyl sites for hydroxylation is 1. The molecule has 0 radical (unpaired) electrons. The molecule has 0 spiro atoms. The molecule has 9 heteroatoms. The fraction of sp³-hybridized carbons (Fsp3) is 0.0500.